The number of aromatic nitrogens is 2. The van der Waals surface area contributed by atoms with Crippen LogP contribution in [0.1, 0.15) is 18.4 Å². The highest BCUT2D eigenvalue weighted by atomic mass is 32.1. The number of hydrogen-bond donors (Lipinski definition) is 1. The summed E-state index contributed by atoms with van der Waals surface area (Å²) in [6.07, 6.45) is 5.20. The number of hydrogen-bond acceptors (Lipinski definition) is 9. The minimum Gasteiger partial charge on any atom is -0.464 e. The second kappa shape index (κ2) is 9.55. The minimum atomic E-state index is -0.262. The lowest BCUT2D eigenvalue weighted by Crippen LogP contribution is -2.45. The number of carbonyl (C=O) groups excluding carboxylic acids is 2. The van der Waals surface area contributed by atoms with E-state index in [4.69, 9.17) is 9.15 Å². The van der Waals surface area contributed by atoms with Crippen molar-refractivity contribution in [1.82, 2.24) is 20.2 Å². The second-order valence-corrected chi connectivity index (χ2v) is 8.84. The van der Waals surface area contributed by atoms with E-state index in [1.807, 2.05) is 30.3 Å². The molecule has 1 fully saturated rings. The smallest absolute Gasteiger partial charge is 0.293 e. The van der Waals surface area contributed by atoms with Gasteiger partial charge in [0.15, 0.2) is 12.3 Å². The molecule has 4 heterocycles. The summed E-state index contributed by atoms with van der Waals surface area (Å²) in [4.78, 5) is 32.9. The van der Waals surface area contributed by atoms with Gasteiger partial charge < -0.3 is 19.2 Å². The van der Waals surface area contributed by atoms with Crippen molar-refractivity contribution in [1.29, 1.82) is 0 Å². The zero-order valence-corrected chi connectivity index (χ0v) is 18.5. The van der Waals surface area contributed by atoms with Crippen LogP contribution in [-0.4, -0.2) is 53.0 Å². The molecule has 0 saturated carbocycles. The molecule has 1 aliphatic heterocycles. The van der Waals surface area contributed by atoms with Crippen molar-refractivity contribution in [3.05, 3.63) is 48.4 Å². The lowest BCUT2D eigenvalue weighted by atomic mass is 10.0. The number of likely N-dealkylation sites (tertiary alicyclic amines) is 1. The van der Waals surface area contributed by atoms with E-state index in [1.165, 1.54) is 11.3 Å². The van der Waals surface area contributed by atoms with Gasteiger partial charge >= 0.3 is 0 Å². The van der Waals surface area contributed by atoms with Crippen LogP contribution in [0.2, 0.25) is 0 Å². The fraction of sp³-hybridized carbons (Fsp3) is 0.304. The molecule has 0 radical (unpaired) electrons. The second-order valence-electron chi connectivity index (χ2n) is 7.85. The summed E-state index contributed by atoms with van der Waals surface area (Å²) in [5.74, 6) is 0.402. The average Bonchev–Trinajstić information content (AvgIpc) is 3.42. The number of benzene rings is 1. The van der Waals surface area contributed by atoms with Crippen molar-refractivity contribution in [2.45, 2.75) is 25.4 Å². The number of fused-ring (bicyclic) bond motifs is 2. The van der Waals surface area contributed by atoms with Crippen LogP contribution in [-0.2, 0) is 20.9 Å². The molecule has 0 unspecified atom stereocenters. The van der Waals surface area contributed by atoms with Gasteiger partial charge in [0.05, 0.1) is 11.0 Å². The summed E-state index contributed by atoms with van der Waals surface area (Å²) in [5, 5.41) is 4.50. The molecule has 0 aliphatic carbocycles. The van der Waals surface area contributed by atoms with Gasteiger partial charge in [0.1, 0.15) is 11.3 Å². The number of rotatable bonds is 8. The Balaban J connectivity index is 1.19. The number of ether oxygens (including phenoxy) is 2. The van der Waals surface area contributed by atoms with Gasteiger partial charge in [-0.05, 0) is 37.1 Å². The largest absolute Gasteiger partial charge is 0.464 e. The molecular weight excluding hydrogens is 444 g/mol. The zero-order valence-electron chi connectivity index (χ0n) is 17.7. The van der Waals surface area contributed by atoms with Crippen LogP contribution in [0.25, 0.3) is 21.3 Å². The van der Waals surface area contributed by atoms with Crippen LogP contribution >= 0.6 is 11.3 Å². The van der Waals surface area contributed by atoms with Crippen molar-refractivity contribution in [2.24, 2.45) is 0 Å². The molecule has 170 valence electrons. The third kappa shape index (κ3) is 4.96. The third-order valence-corrected chi connectivity index (χ3v) is 6.49. The number of thiazole rings is 1. The molecule has 5 rings (SSSR count). The van der Waals surface area contributed by atoms with E-state index in [0.717, 1.165) is 53.7 Å². The number of pyridine rings is 1. The van der Waals surface area contributed by atoms with Crippen molar-refractivity contribution < 1.29 is 23.5 Å². The Labute approximate surface area is 193 Å². The van der Waals surface area contributed by atoms with E-state index in [9.17, 15) is 9.59 Å². The Kier molecular flexibility index (Phi) is 6.18. The third-order valence-electron chi connectivity index (χ3n) is 5.61. The number of furan rings is 1. The SMILES string of the molecule is O=COCC(=O)NC1CCN(Cc2coc3cc(Oc4nc5ncccc5s4)ccc23)CC1. The van der Waals surface area contributed by atoms with E-state index in [1.54, 1.807) is 12.5 Å². The predicted octanol–water partition coefficient (Wildman–Crippen LogP) is 3.48. The van der Waals surface area contributed by atoms with E-state index in [0.29, 0.717) is 16.6 Å². The fourth-order valence-corrected chi connectivity index (χ4v) is 4.79. The van der Waals surface area contributed by atoms with Crippen molar-refractivity contribution in [3.63, 3.8) is 0 Å². The maximum Gasteiger partial charge on any atom is 0.293 e. The number of nitrogens with zero attached hydrogens (tertiary/aromatic N) is 3. The minimum absolute atomic E-state index is 0.0995. The lowest BCUT2D eigenvalue weighted by Gasteiger charge is -2.32. The number of nitrogens with one attached hydrogen (secondary N) is 1. The summed E-state index contributed by atoms with van der Waals surface area (Å²) in [7, 11) is 0. The molecular formula is C23H22N4O5S. The Morgan fingerprint density at radius 1 is 1.30 bits per heavy atom. The predicted molar refractivity (Wildman–Crippen MR) is 122 cm³/mol. The fourth-order valence-electron chi connectivity index (χ4n) is 4.00. The molecule has 10 heteroatoms. The van der Waals surface area contributed by atoms with Crippen LogP contribution < -0.4 is 10.1 Å². The first-order valence-electron chi connectivity index (χ1n) is 10.6. The van der Waals surface area contributed by atoms with E-state index < -0.39 is 0 Å². The molecule has 9 nitrogen and oxygen atoms in total. The summed E-state index contributed by atoms with van der Waals surface area (Å²) >= 11 is 1.45. The molecule has 33 heavy (non-hydrogen) atoms. The van der Waals surface area contributed by atoms with Gasteiger partial charge in [0.2, 0.25) is 0 Å². The maximum absolute atomic E-state index is 11.7. The highest BCUT2D eigenvalue weighted by Crippen LogP contribution is 2.33. The first-order valence-corrected chi connectivity index (χ1v) is 11.5. The van der Waals surface area contributed by atoms with E-state index in [-0.39, 0.29) is 25.0 Å². The number of carbonyl (C=O) groups is 2. The quantitative estimate of drug-likeness (QED) is 0.393. The first-order chi connectivity index (χ1) is 16.2. The van der Waals surface area contributed by atoms with Crippen LogP contribution in [0.3, 0.4) is 0 Å². The van der Waals surface area contributed by atoms with Gasteiger partial charge in [-0.15, -0.1) is 0 Å². The molecule has 1 aromatic carbocycles. The topological polar surface area (TPSA) is 107 Å². The Morgan fingerprint density at radius 2 is 2.18 bits per heavy atom. The van der Waals surface area contributed by atoms with Crippen LogP contribution in [0.4, 0.5) is 0 Å². The Hall–Kier alpha value is -3.50. The normalized spacial score (nSPS) is 15.0. The molecule has 1 aliphatic rings. The summed E-state index contributed by atoms with van der Waals surface area (Å²) in [6.45, 7) is 2.54. The molecule has 1 saturated heterocycles. The van der Waals surface area contributed by atoms with E-state index >= 15 is 0 Å². The molecule has 0 bridgehead atoms. The monoisotopic (exact) mass is 466 g/mol. The highest BCUT2D eigenvalue weighted by Gasteiger charge is 2.22. The van der Waals surface area contributed by atoms with Crippen molar-refractivity contribution in [2.75, 3.05) is 19.7 Å². The molecule has 3 aromatic heterocycles. The average molecular weight is 467 g/mol. The molecule has 1 amide bonds. The van der Waals surface area contributed by atoms with Crippen LogP contribution in [0.15, 0.2) is 47.2 Å². The van der Waals surface area contributed by atoms with Gasteiger partial charge in [-0.25, -0.2) is 4.98 Å². The summed E-state index contributed by atoms with van der Waals surface area (Å²) in [5.41, 5.74) is 2.55. The molecule has 1 N–H and O–H groups in total. The summed E-state index contributed by atoms with van der Waals surface area (Å²) in [6, 6.07) is 9.75. The standard InChI is InChI=1S/C23H22N4O5S/c28-14-30-13-21(29)25-16-5-8-27(9-6-16)11-15-12-31-19-10-17(3-4-18(15)19)32-23-26-22-20(33-23)2-1-7-24-22/h1-4,7,10,12,14,16H,5-6,8-9,11,13H2,(H,25,29). The van der Waals surface area contributed by atoms with Gasteiger partial charge in [0, 0.05) is 48.9 Å². The van der Waals surface area contributed by atoms with Gasteiger partial charge in [-0.2, -0.15) is 4.98 Å². The van der Waals surface area contributed by atoms with Crippen LogP contribution in [0.5, 0.6) is 10.9 Å². The van der Waals surface area contributed by atoms with E-state index in [2.05, 4.69) is 24.9 Å². The van der Waals surface area contributed by atoms with Gasteiger partial charge in [-0.1, -0.05) is 11.3 Å². The van der Waals surface area contributed by atoms with Crippen LogP contribution in [0, 0.1) is 0 Å². The number of piperidine rings is 1. The lowest BCUT2D eigenvalue weighted by molar-refractivity contribution is -0.137. The molecule has 0 spiro atoms. The molecule has 0 atom stereocenters. The summed E-state index contributed by atoms with van der Waals surface area (Å²) < 4.78 is 17.2. The zero-order chi connectivity index (χ0) is 22.6. The van der Waals surface area contributed by atoms with Crippen molar-refractivity contribution >= 4 is 45.0 Å². The first kappa shape index (κ1) is 21.4. The van der Waals surface area contributed by atoms with Crippen molar-refractivity contribution in [3.8, 4) is 10.9 Å². The van der Waals surface area contributed by atoms with Gasteiger partial charge in [0.25, 0.3) is 17.6 Å². The van der Waals surface area contributed by atoms with Gasteiger partial charge in [-0.3, -0.25) is 14.5 Å². The number of amides is 1. The molecule has 4 aromatic rings. The Morgan fingerprint density at radius 3 is 3.00 bits per heavy atom. The highest BCUT2D eigenvalue weighted by molar-refractivity contribution is 7.20. The maximum atomic E-state index is 11.7. The Bertz CT molecular complexity index is 1250.